The Morgan fingerprint density at radius 3 is 2.10 bits per heavy atom. The van der Waals surface area contributed by atoms with E-state index in [9.17, 15) is 0 Å². The van der Waals surface area contributed by atoms with E-state index in [1.807, 2.05) is 13.8 Å². The molecule has 156 valence electrons. The highest BCUT2D eigenvalue weighted by Crippen LogP contribution is 2.37. The third-order valence-corrected chi connectivity index (χ3v) is 9.62. The van der Waals surface area contributed by atoms with Crippen molar-refractivity contribution in [1.29, 1.82) is 0 Å². The molecule has 0 saturated carbocycles. The van der Waals surface area contributed by atoms with Crippen molar-refractivity contribution in [3.63, 3.8) is 0 Å². The molecule has 0 N–H and O–H groups in total. The van der Waals surface area contributed by atoms with Crippen LogP contribution in [0.15, 0.2) is 60.7 Å². The van der Waals surface area contributed by atoms with E-state index in [0.717, 1.165) is 6.42 Å². The molecule has 0 aromatic heterocycles. The van der Waals surface area contributed by atoms with Gasteiger partial charge >= 0.3 is 0 Å². The maximum absolute atomic E-state index is 6.22. The second-order valence-corrected chi connectivity index (χ2v) is 13.1. The zero-order chi connectivity index (χ0) is 20.5. The van der Waals surface area contributed by atoms with Crippen molar-refractivity contribution >= 4 is 19.2 Å². The summed E-state index contributed by atoms with van der Waals surface area (Å²) < 4.78 is 23.9. The van der Waals surface area contributed by atoms with Crippen LogP contribution in [-0.2, 0) is 18.9 Å². The van der Waals surface area contributed by atoms with E-state index in [1.165, 1.54) is 10.4 Å². The van der Waals surface area contributed by atoms with Gasteiger partial charge in [-0.2, -0.15) is 0 Å². The van der Waals surface area contributed by atoms with Gasteiger partial charge in [-0.25, -0.2) is 0 Å². The Kier molecular flexibility index (Phi) is 5.96. The maximum Gasteiger partial charge on any atom is 0.187 e. The summed E-state index contributed by atoms with van der Waals surface area (Å²) in [7, 11) is -1.48. The first-order valence-corrected chi connectivity index (χ1v) is 12.3. The van der Waals surface area contributed by atoms with Crippen molar-refractivity contribution < 1.29 is 18.9 Å². The van der Waals surface area contributed by atoms with Crippen molar-refractivity contribution in [1.82, 2.24) is 0 Å². The van der Waals surface area contributed by atoms with Gasteiger partial charge in [-0.1, -0.05) is 84.9 Å². The molecule has 5 heteroatoms. The molecule has 4 rings (SSSR count). The van der Waals surface area contributed by atoms with Gasteiger partial charge in [0.05, 0.1) is 12.7 Å². The number of ether oxygens (including phenoxy) is 4. The van der Waals surface area contributed by atoms with Crippen LogP contribution in [0.25, 0.3) is 0 Å². The normalized spacial score (nSPS) is 26.0. The molecule has 0 amide bonds. The number of benzene rings is 2. The highest BCUT2D eigenvalue weighted by atomic mass is 28.3. The van der Waals surface area contributed by atoms with Gasteiger partial charge in [-0.05, 0) is 18.9 Å². The molecule has 2 heterocycles. The SMILES string of the molecule is CC1(C)O[C@@H]2O[C@H](COCC(C)(C)[SiH](c3ccccc3)c3ccccc3)C[C@@H]2O1. The lowest BCUT2D eigenvalue weighted by molar-refractivity contribution is -0.209. The molecular weight excluding hydrogens is 380 g/mol. The first kappa shape index (κ1) is 20.8. The third-order valence-electron chi connectivity index (χ3n) is 5.79. The summed E-state index contributed by atoms with van der Waals surface area (Å²) in [5, 5.41) is 2.96. The molecule has 3 atom stereocenters. The number of fused-ring (bicyclic) bond motifs is 1. The lowest BCUT2D eigenvalue weighted by atomic mass is 10.2. The molecule has 2 aliphatic rings. The van der Waals surface area contributed by atoms with E-state index in [4.69, 9.17) is 18.9 Å². The van der Waals surface area contributed by atoms with Gasteiger partial charge in [0.25, 0.3) is 0 Å². The van der Waals surface area contributed by atoms with Crippen LogP contribution in [0.3, 0.4) is 0 Å². The molecule has 2 saturated heterocycles. The molecule has 0 bridgehead atoms. The van der Waals surface area contributed by atoms with E-state index in [-0.39, 0.29) is 23.5 Å². The van der Waals surface area contributed by atoms with Gasteiger partial charge in [0, 0.05) is 13.0 Å². The molecular formula is C24H32O4Si. The zero-order valence-corrected chi connectivity index (χ0v) is 19.0. The Labute approximate surface area is 175 Å². The molecule has 2 aromatic carbocycles. The minimum Gasteiger partial charge on any atom is -0.378 e. The second kappa shape index (κ2) is 8.32. The molecule has 0 aliphatic carbocycles. The van der Waals surface area contributed by atoms with Crippen LogP contribution in [-0.4, -0.2) is 46.3 Å². The van der Waals surface area contributed by atoms with E-state index in [1.54, 1.807) is 0 Å². The Morgan fingerprint density at radius 1 is 0.966 bits per heavy atom. The minimum absolute atomic E-state index is 0.0161. The highest BCUT2D eigenvalue weighted by Gasteiger charge is 2.48. The molecule has 0 unspecified atom stereocenters. The van der Waals surface area contributed by atoms with E-state index >= 15 is 0 Å². The smallest absolute Gasteiger partial charge is 0.187 e. The number of rotatable bonds is 7. The Bertz CT molecular complexity index is 738. The molecule has 2 fully saturated rings. The van der Waals surface area contributed by atoms with Gasteiger partial charge in [-0.15, -0.1) is 0 Å². The molecule has 2 aromatic rings. The van der Waals surface area contributed by atoms with Crippen molar-refractivity contribution in [2.45, 2.75) is 63.4 Å². The van der Waals surface area contributed by atoms with Crippen molar-refractivity contribution in [3.8, 4) is 0 Å². The number of hydrogen-bond acceptors (Lipinski definition) is 4. The summed E-state index contributed by atoms with van der Waals surface area (Å²) in [5.74, 6) is -0.548. The largest absolute Gasteiger partial charge is 0.378 e. The summed E-state index contributed by atoms with van der Waals surface area (Å²) in [6, 6.07) is 21.8. The van der Waals surface area contributed by atoms with Gasteiger partial charge in [0.1, 0.15) is 14.9 Å². The van der Waals surface area contributed by atoms with Gasteiger partial charge in [-0.3, -0.25) is 0 Å². The number of hydrogen-bond donors (Lipinski definition) is 0. The van der Waals surface area contributed by atoms with Crippen LogP contribution < -0.4 is 10.4 Å². The lowest BCUT2D eigenvalue weighted by Gasteiger charge is -2.34. The Hall–Kier alpha value is -1.50. The van der Waals surface area contributed by atoms with E-state index in [2.05, 4.69) is 74.5 Å². The topological polar surface area (TPSA) is 36.9 Å². The maximum atomic E-state index is 6.22. The Balaban J connectivity index is 1.39. The zero-order valence-electron chi connectivity index (χ0n) is 17.8. The minimum atomic E-state index is -1.48. The quantitative estimate of drug-likeness (QED) is 0.655. The second-order valence-electron chi connectivity index (χ2n) is 9.29. The van der Waals surface area contributed by atoms with Gasteiger partial charge in [0.15, 0.2) is 12.1 Å². The van der Waals surface area contributed by atoms with Crippen LogP contribution in [0, 0.1) is 0 Å². The lowest BCUT2D eigenvalue weighted by Crippen LogP contribution is -2.51. The fourth-order valence-corrected chi connectivity index (χ4v) is 8.30. The summed E-state index contributed by atoms with van der Waals surface area (Å²) in [6.07, 6.45) is 0.613. The predicted octanol–water partition coefficient (Wildman–Crippen LogP) is 3.09. The molecule has 0 spiro atoms. The average molecular weight is 413 g/mol. The fourth-order valence-electron chi connectivity index (χ4n) is 4.61. The average Bonchev–Trinajstić information content (AvgIpc) is 3.16. The molecule has 0 radical (unpaired) electrons. The first-order valence-electron chi connectivity index (χ1n) is 10.5. The highest BCUT2D eigenvalue weighted by molar-refractivity contribution is 6.87. The van der Waals surface area contributed by atoms with Crippen LogP contribution in [0.4, 0.5) is 0 Å². The predicted molar refractivity (Wildman–Crippen MR) is 117 cm³/mol. The van der Waals surface area contributed by atoms with Crippen LogP contribution in [0.2, 0.25) is 5.04 Å². The third kappa shape index (κ3) is 4.81. The van der Waals surface area contributed by atoms with E-state index in [0.29, 0.717) is 13.2 Å². The van der Waals surface area contributed by atoms with Crippen LogP contribution in [0.1, 0.15) is 34.1 Å². The summed E-state index contributed by atoms with van der Waals surface area (Å²) >= 11 is 0. The Morgan fingerprint density at radius 2 is 1.55 bits per heavy atom. The first-order chi connectivity index (χ1) is 13.8. The van der Waals surface area contributed by atoms with Crippen molar-refractivity contribution in [3.05, 3.63) is 60.7 Å². The van der Waals surface area contributed by atoms with Crippen molar-refractivity contribution in [2.24, 2.45) is 0 Å². The van der Waals surface area contributed by atoms with Gasteiger partial charge < -0.3 is 18.9 Å². The fraction of sp³-hybridized carbons (Fsp3) is 0.500. The van der Waals surface area contributed by atoms with Crippen molar-refractivity contribution in [2.75, 3.05) is 13.2 Å². The van der Waals surface area contributed by atoms with Crippen LogP contribution in [0.5, 0.6) is 0 Å². The van der Waals surface area contributed by atoms with E-state index < -0.39 is 14.6 Å². The van der Waals surface area contributed by atoms with Gasteiger partial charge in [0.2, 0.25) is 0 Å². The molecule has 4 nitrogen and oxygen atoms in total. The standard InChI is InChI=1S/C24H32O4Si/c1-23(2,17-25-16-18-15-21-22(26-18)28-24(3,4)27-21)29(19-11-7-5-8-12-19)20-13-9-6-10-14-20/h5-14,18,21-22,29H,15-17H2,1-4H3/t18-,21-,22-/m0/s1. The summed E-state index contributed by atoms with van der Waals surface area (Å²) in [6.45, 7) is 9.82. The molecule has 2 aliphatic heterocycles. The summed E-state index contributed by atoms with van der Waals surface area (Å²) in [5.41, 5.74) is 0. The molecule has 29 heavy (non-hydrogen) atoms. The van der Waals surface area contributed by atoms with Crippen LogP contribution >= 0.6 is 0 Å². The summed E-state index contributed by atoms with van der Waals surface area (Å²) in [4.78, 5) is 0. The monoisotopic (exact) mass is 412 g/mol.